The number of nitrogens with two attached hydrogens (primary N) is 2. The van der Waals surface area contributed by atoms with Gasteiger partial charge in [0.1, 0.15) is 0 Å². The Morgan fingerprint density at radius 3 is 2.19 bits per heavy atom. The van der Waals surface area contributed by atoms with Gasteiger partial charge >= 0.3 is 0 Å². The lowest BCUT2D eigenvalue weighted by Crippen LogP contribution is -2.54. The van der Waals surface area contributed by atoms with E-state index in [1.165, 1.54) is 0 Å². The number of aliphatic hydroxyl groups is 3. The van der Waals surface area contributed by atoms with Crippen molar-refractivity contribution in [3.8, 4) is 0 Å². The SMILES string of the molecule is NC(CO)CCCNNC(CO)C(N)CO. The van der Waals surface area contributed by atoms with Gasteiger partial charge in [0.15, 0.2) is 0 Å². The average molecular weight is 236 g/mol. The monoisotopic (exact) mass is 236 g/mol. The van der Waals surface area contributed by atoms with Gasteiger partial charge in [-0.1, -0.05) is 0 Å². The van der Waals surface area contributed by atoms with E-state index < -0.39 is 6.04 Å². The summed E-state index contributed by atoms with van der Waals surface area (Å²) in [5.74, 6) is 0. The number of hydrazine groups is 1. The Balaban J connectivity index is 3.48. The Morgan fingerprint density at radius 2 is 1.69 bits per heavy atom. The third-order valence-corrected chi connectivity index (χ3v) is 2.32. The fraction of sp³-hybridized carbons (Fsp3) is 1.00. The largest absolute Gasteiger partial charge is 0.395 e. The third-order valence-electron chi connectivity index (χ3n) is 2.32. The molecule has 16 heavy (non-hydrogen) atoms. The molecule has 0 bridgehead atoms. The van der Waals surface area contributed by atoms with Gasteiger partial charge in [0.2, 0.25) is 0 Å². The molecule has 0 aromatic carbocycles. The van der Waals surface area contributed by atoms with Crippen molar-refractivity contribution in [3.05, 3.63) is 0 Å². The van der Waals surface area contributed by atoms with E-state index in [4.69, 9.17) is 26.8 Å². The molecule has 98 valence electrons. The maximum atomic E-state index is 8.96. The smallest absolute Gasteiger partial charge is 0.0617 e. The summed E-state index contributed by atoms with van der Waals surface area (Å²) in [7, 11) is 0. The highest BCUT2D eigenvalue weighted by Gasteiger charge is 2.14. The zero-order valence-corrected chi connectivity index (χ0v) is 9.47. The molecule has 0 aliphatic heterocycles. The standard InChI is InChI=1S/C9H24N4O3/c10-7(4-14)2-1-3-12-13-9(6-16)8(11)5-15/h7-9,12-16H,1-6,10-11H2. The number of aliphatic hydroxyl groups excluding tert-OH is 3. The zero-order chi connectivity index (χ0) is 12.4. The number of hydrogen-bond donors (Lipinski definition) is 7. The van der Waals surface area contributed by atoms with E-state index in [2.05, 4.69) is 10.9 Å². The minimum atomic E-state index is -0.503. The maximum Gasteiger partial charge on any atom is 0.0617 e. The summed E-state index contributed by atoms with van der Waals surface area (Å²) in [6, 6.07) is -1.07. The first-order valence-corrected chi connectivity index (χ1v) is 5.47. The lowest BCUT2D eigenvalue weighted by molar-refractivity contribution is 0.168. The van der Waals surface area contributed by atoms with Crippen LogP contribution >= 0.6 is 0 Å². The zero-order valence-electron chi connectivity index (χ0n) is 9.47. The topological polar surface area (TPSA) is 137 Å². The van der Waals surface area contributed by atoms with Gasteiger partial charge in [-0.15, -0.1) is 0 Å². The molecule has 0 heterocycles. The van der Waals surface area contributed by atoms with E-state index >= 15 is 0 Å². The van der Waals surface area contributed by atoms with Gasteiger partial charge in [0.05, 0.1) is 25.9 Å². The second-order valence-corrected chi connectivity index (χ2v) is 3.79. The highest BCUT2D eigenvalue weighted by atomic mass is 16.3. The quantitative estimate of drug-likeness (QED) is 0.157. The first-order valence-electron chi connectivity index (χ1n) is 5.47. The van der Waals surface area contributed by atoms with Crippen molar-refractivity contribution in [3.63, 3.8) is 0 Å². The summed E-state index contributed by atoms with van der Waals surface area (Å²) in [5, 5.41) is 26.4. The normalized spacial score (nSPS) is 17.1. The van der Waals surface area contributed by atoms with Crippen LogP contribution in [0.25, 0.3) is 0 Å². The van der Waals surface area contributed by atoms with Crippen molar-refractivity contribution < 1.29 is 15.3 Å². The molecule has 0 amide bonds. The second kappa shape index (κ2) is 9.91. The minimum Gasteiger partial charge on any atom is -0.395 e. The highest BCUT2D eigenvalue weighted by molar-refractivity contribution is 4.76. The molecule has 0 spiro atoms. The van der Waals surface area contributed by atoms with E-state index in [1.807, 2.05) is 0 Å². The van der Waals surface area contributed by atoms with Gasteiger partial charge in [0, 0.05) is 18.6 Å². The Morgan fingerprint density at radius 1 is 1.00 bits per heavy atom. The molecule has 7 nitrogen and oxygen atoms in total. The molecule has 7 heteroatoms. The van der Waals surface area contributed by atoms with Crippen LogP contribution in [0.1, 0.15) is 12.8 Å². The van der Waals surface area contributed by atoms with Crippen LogP contribution in [0, 0.1) is 0 Å². The Hall–Kier alpha value is -0.280. The molecule has 0 aliphatic rings. The van der Waals surface area contributed by atoms with Crippen molar-refractivity contribution in [1.82, 2.24) is 10.9 Å². The Kier molecular flexibility index (Phi) is 9.74. The molecule has 9 N–H and O–H groups in total. The fourth-order valence-corrected chi connectivity index (χ4v) is 1.16. The molecular weight excluding hydrogens is 212 g/mol. The first-order chi connectivity index (χ1) is 7.65. The summed E-state index contributed by atoms with van der Waals surface area (Å²) in [6.45, 7) is 0.310. The molecule has 0 aromatic heterocycles. The predicted molar refractivity (Wildman–Crippen MR) is 61.4 cm³/mol. The van der Waals surface area contributed by atoms with Gasteiger partial charge in [-0.2, -0.15) is 0 Å². The lowest BCUT2D eigenvalue weighted by atomic mass is 10.1. The van der Waals surface area contributed by atoms with Crippen LogP contribution in [0.3, 0.4) is 0 Å². The second-order valence-electron chi connectivity index (χ2n) is 3.79. The minimum absolute atomic E-state index is 0.0118. The summed E-state index contributed by atoms with van der Waals surface area (Å²) in [4.78, 5) is 0. The molecular formula is C9H24N4O3. The molecule has 0 saturated heterocycles. The van der Waals surface area contributed by atoms with Crippen LogP contribution in [0.4, 0.5) is 0 Å². The van der Waals surface area contributed by atoms with E-state index in [0.29, 0.717) is 6.54 Å². The van der Waals surface area contributed by atoms with Crippen molar-refractivity contribution in [2.75, 3.05) is 26.4 Å². The molecule has 0 aromatic rings. The van der Waals surface area contributed by atoms with Gasteiger partial charge in [-0.25, -0.2) is 0 Å². The van der Waals surface area contributed by atoms with Crippen LogP contribution in [0.15, 0.2) is 0 Å². The van der Waals surface area contributed by atoms with Crippen LogP contribution < -0.4 is 22.3 Å². The van der Waals surface area contributed by atoms with Crippen molar-refractivity contribution in [2.45, 2.75) is 31.0 Å². The predicted octanol–water partition coefficient (Wildman–Crippen LogP) is -3.14. The van der Waals surface area contributed by atoms with Crippen molar-refractivity contribution in [1.29, 1.82) is 0 Å². The maximum absolute atomic E-state index is 8.96. The molecule has 0 saturated carbocycles. The summed E-state index contributed by atoms with van der Waals surface area (Å²) in [5.41, 5.74) is 16.8. The molecule has 3 atom stereocenters. The van der Waals surface area contributed by atoms with Crippen molar-refractivity contribution in [2.24, 2.45) is 11.5 Å². The number of hydrogen-bond acceptors (Lipinski definition) is 7. The average Bonchev–Trinajstić information content (AvgIpc) is 2.32. The van der Waals surface area contributed by atoms with E-state index in [9.17, 15) is 0 Å². The fourth-order valence-electron chi connectivity index (χ4n) is 1.16. The first kappa shape index (κ1) is 15.7. The number of nitrogens with one attached hydrogen (secondary N) is 2. The van der Waals surface area contributed by atoms with Crippen LogP contribution in [-0.2, 0) is 0 Å². The van der Waals surface area contributed by atoms with Gasteiger partial charge in [-0.05, 0) is 12.8 Å². The Bertz CT molecular complexity index is 162. The molecule has 0 fully saturated rings. The molecule has 0 rings (SSSR count). The molecule has 0 radical (unpaired) electrons. The van der Waals surface area contributed by atoms with Gasteiger partial charge in [-0.3, -0.25) is 10.9 Å². The van der Waals surface area contributed by atoms with E-state index in [0.717, 1.165) is 12.8 Å². The summed E-state index contributed by atoms with van der Waals surface area (Å²) in [6.07, 6.45) is 1.53. The highest BCUT2D eigenvalue weighted by Crippen LogP contribution is 1.92. The van der Waals surface area contributed by atoms with Gasteiger partial charge < -0.3 is 26.8 Å². The molecule has 0 aliphatic carbocycles. The summed E-state index contributed by atoms with van der Waals surface area (Å²) < 4.78 is 0. The van der Waals surface area contributed by atoms with Crippen molar-refractivity contribution >= 4 is 0 Å². The van der Waals surface area contributed by atoms with E-state index in [1.54, 1.807) is 0 Å². The lowest BCUT2D eigenvalue weighted by Gasteiger charge is -2.22. The number of rotatable bonds is 10. The van der Waals surface area contributed by atoms with E-state index in [-0.39, 0.29) is 31.9 Å². The van der Waals surface area contributed by atoms with Crippen LogP contribution in [-0.4, -0.2) is 59.8 Å². The van der Waals surface area contributed by atoms with Crippen LogP contribution in [0.5, 0.6) is 0 Å². The Labute approximate surface area is 95.8 Å². The molecule has 3 unspecified atom stereocenters. The third kappa shape index (κ3) is 7.07. The van der Waals surface area contributed by atoms with Crippen LogP contribution in [0.2, 0.25) is 0 Å². The summed E-state index contributed by atoms with van der Waals surface area (Å²) >= 11 is 0. The van der Waals surface area contributed by atoms with Gasteiger partial charge in [0.25, 0.3) is 0 Å².